The number of piperazine rings is 2. The number of hydrogen-bond donors (Lipinski definition) is 2. The number of aromatic nitrogens is 1. The van der Waals surface area contributed by atoms with Gasteiger partial charge in [-0.05, 0) is 44.0 Å². The van der Waals surface area contributed by atoms with Gasteiger partial charge in [0, 0.05) is 69.0 Å². The third kappa shape index (κ3) is 5.52. The van der Waals surface area contributed by atoms with Gasteiger partial charge < -0.3 is 31.1 Å². The molecule has 0 spiro atoms. The number of amidine groups is 1. The van der Waals surface area contributed by atoms with Gasteiger partial charge in [-0.3, -0.25) is 9.59 Å². The molecule has 0 radical (unpaired) electrons. The predicted molar refractivity (Wildman–Crippen MR) is 158 cm³/mol. The van der Waals surface area contributed by atoms with Crippen molar-refractivity contribution >= 4 is 45.5 Å². The second-order valence-electron chi connectivity index (χ2n) is 10.4. The summed E-state index contributed by atoms with van der Waals surface area (Å²) in [6, 6.07) is 6.09. The minimum atomic E-state index is -0.541. The molecule has 12 heteroatoms. The Balaban J connectivity index is 1.45. The number of nitriles is 1. The number of anilines is 3. The second-order valence-corrected chi connectivity index (χ2v) is 11.6. The Labute approximate surface area is 238 Å². The normalized spacial score (nSPS) is 20.1. The van der Waals surface area contributed by atoms with Gasteiger partial charge in [-0.1, -0.05) is 6.58 Å². The molecule has 2 aromatic rings. The molecule has 1 atom stereocenters. The number of nitrogen functional groups attached to an aromatic ring is 1. The molecular formula is C28H35N9O2S. The fraction of sp³-hybridized carbons (Fsp3) is 0.464. The van der Waals surface area contributed by atoms with Crippen LogP contribution in [0.15, 0.2) is 29.8 Å². The number of aliphatic imine (C=N–C) groups is 1. The standard InChI is InChI=1S/C28H35N9O2S/c1-3-24(38)37-13-11-35(12-14-37)18-15-21(32-23(16-18)36-9-7-34(2)8-10-36)26(30)33-28(39)19-5-4-6-22-25(19)20(17-29)27(31)40-22/h3,15-16,19H,1,4-14,31H2,2H3,(H2,30,33,39). The van der Waals surface area contributed by atoms with Crippen molar-refractivity contribution in [1.82, 2.24) is 14.8 Å². The van der Waals surface area contributed by atoms with E-state index in [0.29, 0.717) is 54.4 Å². The molecular weight excluding hydrogens is 526 g/mol. The summed E-state index contributed by atoms with van der Waals surface area (Å²) in [5.74, 6) is -0.149. The lowest BCUT2D eigenvalue weighted by Gasteiger charge is -2.37. The summed E-state index contributed by atoms with van der Waals surface area (Å²) >= 11 is 1.38. The van der Waals surface area contributed by atoms with Crippen molar-refractivity contribution in [3.8, 4) is 6.07 Å². The van der Waals surface area contributed by atoms with E-state index < -0.39 is 5.92 Å². The lowest BCUT2D eigenvalue weighted by molar-refractivity contribution is -0.126. The maximum absolute atomic E-state index is 13.4. The molecule has 1 unspecified atom stereocenters. The number of thiophene rings is 1. The third-order valence-electron chi connectivity index (χ3n) is 7.95. The first-order valence-corrected chi connectivity index (χ1v) is 14.4. The van der Waals surface area contributed by atoms with E-state index in [0.717, 1.165) is 55.4 Å². The van der Waals surface area contributed by atoms with Crippen LogP contribution < -0.4 is 21.3 Å². The van der Waals surface area contributed by atoms with Crippen molar-refractivity contribution in [3.05, 3.63) is 46.5 Å². The van der Waals surface area contributed by atoms with Crippen LogP contribution in [0.1, 0.15) is 40.5 Å². The van der Waals surface area contributed by atoms with Gasteiger partial charge in [0.1, 0.15) is 22.6 Å². The summed E-state index contributed by atoms with van der Waals surface area (Å²) in [4.78, 5) is 44.1. The molecule has 1 aliphatic carbocycles. The van der Waals surface area contributed by atoms with Gasteiger partial charge in [-0.25, -0.2) is 4.98 Å². The van der Waals surface area contributed by atoms with Crippen LogP contribution in [0.5, 0.6) is 0 Å². The zero-order chi connectivity index (χ0) is 28.4. The largest absolute Gasteiger partial charge is 0.389 e. The number of fused-ring (bicyclic) bond motifs is 1. The Bertz CT molecular complexity index is 1380. The first-order chi connectivity index (χ1) is 19.3. The summed E-state index contributed by atoms with van der Waals surface area (Å²) in [7, 11) is 2.10. The van der Waals surface area contributed by atoms with Gasteiger partial charge in [0.15, 0.2) is 5.84 Å². The zero-order valence-corrected chi connectivity index (χ0v) is 23.6. The molecule has 2 fully saturated rings. The second kappa shape index (κ2) is 11.7. The van der Waals surface area contributed by atoms with Crippen LogP contribution in [-0.2, 0) is 16.0 Å². The molecule has 0 saturated carbocycles. The number of hydrogen-bond acceptors (Lipinski definition) is 9. The van der Waals surface area contributed by atoms with Crippen molar-refractivity contribution in [3.63, 3.8) is 0 Å². The maximum Gasteiger partial charge on any atom is 0.255 e. The average molecular weight is 562 g/mol. The smallest absolute Gasteiger partial charge is 0.255 e. The molecule has 2 amide bonds. The van der Waals surface area contributed by atoms with Crippen LogP contribution in [0, 0.1) is 11.3 Å². The van der Waals surface area contributed by atoms with E-state index in [1.54, 1.807) is 4.90 Å². The van der Waals surface area contributed by atoms with Crippen LogP contribution in [0.25, 0.3) is 0 Å². The predicted octanol–water partition coefficient (Wildman–Crippen LogP) is 1.54. The van der Waals surface area contributed by atoms with Gasteiger partial charge in [-0.2, -0.15) is 10.3 Å². The zero-order valence-electron chi connectivity index (χ0n) is 22.8. The highest BCUT2D eigenvalue weighted by molar-refractivity contribution is 7.16. The molecule has 2 saturated heterocycles. The van der Waals surface area contributed by atoms with Crippen molar-refractivity contribution < 1.29 is 9.59 Å². The topological polar surface area (TPSA) is 148 Å². The van der Waals surface area contributed by atoms with E-state index in [2.05, 4.69) is 45.5 Å². The van der Waals surface area contributed by atoms with Crippen LogP contribution in [-0.4, -0.2) is 91.8 Å². The minimum Gasteiger partial charge on any atom is -0.389 e. The first-order valence-electron chi connectivity index (χ1n) is 13.6. The van der Waals surface area contributed by atoms with Gasteiger partial charge in [0.25, 0.3) is 5.91 Å². The molecule has 3 aliphatic rings. The molecule has 0 aromatic carbocycles. The van der Waals surface area contributed by atoms with Crippen LogP contribution in [0.4, 0.5) is 16.5 Å². The Morgan fingerprint density at radius 2 is 1.85 bits per heavy atom. The minimum absolute atomic E-state index is 0.0523. The number of nitrogens with two attached hydrogens (primary N) is 2. The molecule has 5 rings (SSSR count). The molecule has 2 aliphatic heterocycles. The molecule has 4 heterocycles. The summed E-state index contributed by atoms with van der Waals surface area (Å²) in [5, 5.41) is 10.1. The van der Waals surface area contributed by atoms with Gasteiger partial charge in [0.2, 0.25) is 5.91 Å². The lowest BCUT2D eigenvalue weighted by Crippen LogP contribution is -2.48. The van der Waals surface area contributed by atoms with E-state index in [1.165, 1.54) is 17.4 Å². The van der Waals surface area contributed by atoms with Crippen molar-refractivity contribution in [2.45, 2.75) is 25.2 Å². The lowest BCUT2D eigenvalue weighted by atomic mass is 9.85. The molecule has 4 N–H and O–H groups in total. The van der Waals surface area contributed by atoms with E-state index in [9.17, 15) is 14.9 Å². The number of rotatable bonds is 5. The van der Waals surface area contributed by atoms with E-state index in [4.69, 9.17) is 16.5 Å². The van der Waals surface area contributed by atoms with E-state index >= 15 is 0 Å². The quantitative estimate of drug-likeness (QED) is 0.315. The van der Waals surface area contributed by atoms with Gasteiger partial charge >= 0.3 is 0 Å². The highest BCUT2D eigenvalue weighted by Crippen LogP contribution is 2.42. The van der Waals surface area contributed by atoms with Gasteiger partial charge in [0.05, 0.1) is 11.5 Å². The van der Waals surface area contributed by atoms with Crippen molar-refractivity contribution in [2.75, 3.05) is 74.9 Å². The summed E-state index contributed by atoms with van der Waals surface area (Å²) in [5.41, 5.74) is 15.0. The monoisotopic (exact) mass is 561 g/mol. The summed E-state index contributed by atoms with van der Waals surface area (Å²) < 4.78 is 0. The van der Waals surface area contributed by atoms with E-state index in [1.807, 2.05) is 6.07 Å². The van der Waals surface area contributed by atoms with Crippen molar-refractivity contribution in [1.29, 1.82) is 5.26 Å². The van der Waals surface area contributed by atoms with Gasteiger partial charge in [-0.15, -0.1) is 11.3 Å². The Kier molecular flexibility index (Phi) is 8.04. The molecule has 40 heavy (non-hydrogen) atoms. The molecule has 0 bridgehead atoms. The fourth-order valence-electron chi connectivity index (χ4n) is 5.62. The number of likely N-dealkylation sites (N-methyl/N-ethyl adjacent to an activating group) is 1. The number of carbonyl (C=O) groups is 2. The third-order valence-corrected chi connectivity index (χ3v) is 9.05. The van der Waals surface area contributed by atoms with Crippen LogP contribution in [0.3, 0.4) is 0 Å². The Hall–Kier alpha value is -3.95. The maximum atomic E-state index is 13.4. The molecule has 11 nitrogen and oxygen atoms in total. The number of carbonyl (C=O) groups excluding carboxylic acids is 2. The Morgan fingerprint density at radius 1 is 1.15 bits per heavy atom. The van der Waals surface area contributed by atoms with Crippen LogP contribution >= 0.6 is 11.3 Å². The van der Waals surface area contributed by atoms with Crippen molar-refractivity contribution in [2.24, 2.45) is 10.7 Å². The molecule has 210 valence electrons. The number of aryl methyl sites for hydroxylation is 1. The Morgan fingerprint density at radius 3 is 2.52 bits per heavy atom. The highest BCUT2D eigenvalue weighted by atomic mass is 32.1. The van der Waals surface area contributed by atoms with Crippen LogP contribution in [0.2, 0.25) is 0 Å². The number of nitrogens with zero attached hydrogens (tertiary/aromatic N) is 7. The number of pyridine rings is 1. The number of amides is 2. The van der Waals surface area contributed by atoms with E-state index in [-0.39, 0.29) is 17.6 Å². The summed E-state index contributed by atoms with van der Waals surface area (Å²) in [6.45, 7) is 9.56. The average Bonchev–Trinajstić information content (AvgIpc) is 3.31. The fourth-order valence-corrected chi connectivity index (χ4v) is 6.74. The molecule has 2 aromatic heterocycles. The summed E-state index contributed by atoms with van der Waals surface area (Å²) in [6.07, 6.45) is 3.57. The SMILES string of the molecule is C=CC(=O)N1CCN(c2cc(C(N)=NC(=O)C3CCCc4sc(N)c(C#N)c43)nc(N3CCN(C)CC3)c2)CC1. The highest BCUT2D eigenvalue weighted by Gasteiger charge is 2.32. The first kappa shape index (κ1) is 27.6.